The average Bonchev–Trinajstić information content (AvgIpc) is 2.43. The zero-order valence-electron chi connectivity index (χ0n) is 11.4. The molecule has 0 radical (unpaired) electrons. The second kappa shape index (κ2) is 6.18. The van der Waals surface area contributed by atoms with Gasteiger partial charge in [0.2, 0.25) is 0 Å². The van der Waals surface area contributed by atoms with Crippen molar-refractivity contribution in [1.82, 2.24) is 4.90 Å². The van der Waals surface area contributed by atoms with Gasteiger partial charge in [-0.25, -0.2) is 4.39 Å². The fourth-order valence-electron chi connectivity index (χ4n) is 1.91. The third kappa shape index (κ3) is 3.25. The van der Waals surface area contributed by atoms with Crippen LogP contribution in [0.15, 0.2) is 46.9 Å². The van der Waals surface area contributed by atoms with Gasteiger partial charge in [-0.2, -0.15) is 0 Å². The Labute approximate surface area is 126 Å². The Morgan fingerprint density at radius 2 is 1.85 bits per heavy atom. The molecule has 104 valence electrons. The molecule has 0 N–H and O–H groups in total. The molecule has 2 aromatic carbocycles. The monoisotopic (exact) mass is 335 g/mol. The Kier molecular flexibility index (Phi) is 4.55. The van der Waals surface area contributed by atoms with Crippen LogP contribution in [0.25, 0.3) is 0 Å². The molecule has 0 unspecified atom stereocenters. The Morgan fingerprint density at radius 1 is 1.20 bits per heavy atom. The topological polar surface area (TPSA) is 20.3 Å². The first-order valence-electron chi connectivity index (χ1n) is 6.24. The molecule has 0 heterocycles. The van der Waals surface area contributed by atoms with E-state index >= 15 is 0 Å². The van der Waals surface area contributed by atoms with Crippen LogP contribution in [0, 0.1) is 12.7 Å². The lowest BCUT2D eigenvalue weighted by molar-refractivity contribution is 0.0780. The molecule has 20 heavy (non-hydrogen) atoms. The normalized spacial score (nSPS) is 10.4. The van der Waals surface area contributed by atoms with E-state index in [0.29, 0.717) is 11.0 Å². The third-order valence-corrected chi connectivity index (χ3v) is 3.68. The van der Waals surface area contributed by atoms with Gasteiger partial charge in [-0.3, -0.25) is 4.79 Å². The smallest absolute Gasteiger partial charge is 0.256 e. The molecule has 0 saturated heterocycles. The van der Waals surface area contributed by atoms with Crippen LogP contribution >= 0.6 is 15.9 Å². The summed E-state index contributed by atoms with van der Waals surface area (Å²) in [6, 6.07) is 12.6. The first-order chi connectivity index (χ1) is 9.49. The molecule has 0 fully saturated rings. The van der Waals surface area contributed by atoms with Crippen molar-refractivity contribution in [3.8, 4) is 0 Å². The quantitative estimate of drug-likeness (QED) is 0.824. The highest BCUT2D eigenvalue weighted by molar-refractivity contribution is 9.10. The van der Waals surface area contributed by atoms with Gasteiger partial charge in [0.15, 0.2) is 0 Å². The number of hydrogen-bond donors (Lipinski definition) is 0. The Bertz CT molecular complexity index is 625. The molecule has 0 bridgehead atoms. The number of aryl methyl sites for hydroxylation is 1. The van der Waals surface area contributed by atoms with Gasteiger partial charge in [0.1, 0.15) is 5.82 Å². The van der Waals surface area contributed by atoms with Crippen LogP contribution in [0.3, 0.4) is 0 Å². The van der Waals surface area contributed by atoms with E-state index in [0.717, 1.165) is 5.56 Å². The molecule has 4 heteroatoms. The standard InChI is InChI=1S/C16H15BrFNO/c1-11-6-8-12(9-7-11)10-19(2)16(20)13-4-3-5-14(17)15(13)18/h3-9H,10H2,1-2H3. The van der Waals surface area contributed by atoms with Gasteiger partial charge < -0.3 is 4.90 Å². The largest absolute Gasteiger partial charge is 0.337 e. The van der Waals surface area contributed by atoms with E-state index < -0.39 is 5.82 Å². The first-order valence-corrected chi connectivity index (χ1v) is 7.03. The van der Waals surface area contributed by atoms with Gasteiger partial charge in [0, 0.05) is 13.6 Å². The number of nitrogens with zero attached hydrogens (tertiary/aromatic N) is 1. The van der Waals surface area contributed by atoms with E-state index in [1.807, 2.05) is 31.2 Å². The number of amides is 1. The predicted molar refractivity (Wildman–Crippen MR) is 81.1 cm³/mol. The zero-order valence-corrected chi connectivity index (χ0v) is 12.9. The number of rotatable bonds is 3. The maximum atomic E-state index is 13.9. The Balaban J connectivity index is 2.16. The second-order valence-electron chi connectivity index (χ2n) is 4.75. The molecule has 1 amide bonds. The van der Waals surface area contributed by atoms with Crippen molar-refractivity contribution in [2.45, 2.75) is 13.5 Å². The lowest BCUT2D eigenvalue weighted by atomic mass is 10.1. The van der Waals surface area contributed by atoms with E-state index in [2.05, 4.69) is 15.9 Å². The predicted octanol–water partition coefficient (Wildman–Crippen LogP) is 4.17. The number of halogens is 2. The summed E-state index contributed by atoms with van der Waals surface area (Å²) in [5.41, 5.74) is 2.26. The molecule has 0 atom stereocenters. The highest BCUT2D eigenvalue weighted by atomic mass is 79.9. The van der Waals surface area contributed by atoms with Gasteiger partial charge in [-0.05, 0) is 40.5 Å². The minimum atomic E-state index is -0.520. The average molecular weight is 336 g/mol. The summed E-state index contributed by atoms with van der Waals surface area (Å²) in [7, 11) is 1.67. The van der Waals surface area contributed by atoms with Crippen molar-refractivity contribution >= 4 is 21.8 Å². The molecule has 0 spiro atoms. The first kappa shape index (κ1) is 14.7. The SMILES string of the molecule is Cc1ccc(CN(C)C(=O)c2cccc(Br)c2F)cc1. The lowest BCUT2D eigenvalue weighted by Crippen LogP contribution is -2.27. The molecule has 2 aromatic rings. The van der Waals surface area contributed by atoms with Gasteiger partial charge in [0.25, 0.3) is 5.91 Å². The van der Waals surface area contributed by atoms with Gasteiger partial charge in [0.05, 0.1) is 10.0 Å². The molecular formula is C16H15BrFNO. The van der Waals surface area contributed by atoms with Gasteiger partial charge >= 0.3 is 0 Å². The highest BCUT2D eigenvalue weighted by Crippen LogP contribution is 2.20. The van der Waals surface area contributed by atoms with Gasteiger partial charge in [-0.15, -0.1) is 0 Å². The van der Waals surface area contributed by atoms with Crippen molar-refractivity contribution in [1.29, 1.82) is 0 Å². The second-order valence-corrected chi connectivity index (χ2v) is 5.60. The van der Waals surface area contributed by atoms with E-state index in [9.17, 15) is 9.18 Å². The minimum absolute atomic E-state index is 0.0778. The van der Waals surface area contributed by atoms with Gasteiger partial charge in [-0.1, -0.05) is 35.9 Å². The summed E-state index contributed by atoms with van der Waals surface area (Å²) in [5.74, 6) is -0.849. The summed E-state index contributed by atoms with van der Waals surface area (Å²) < 4.78 is 14.2. The molecule has 0 aliphatic carbocycles. The Morgan fingerprint density at radius 3 is 2.50 bits per heavy atom. The minimum Gasteiger partial charge on any atom is -0.337 e. The zero-order chi connectivity index (χ0) is 14.7. The highest BCUT2D eigenvalue weighted by Gasteiger charge is 2.17. The summed E-state index contributed by atoms with van der Waals surface area (Å²) in [4.78, 5) is 13.8. The van der Waals surface area contributed by atoms with E-state index in [1.54, 1.807) is 19.2 Å². The molecule has 0 aliphatic heterocycles. The van der Waals surface area contributed by atoms with E-state index in [4.69, 9.17) is 0 Å². The summed E-state index contributed by atoms with van der Waals surface area (Å²) >= 11 is 3.09. The van der Waals surface area contributed by atoms with Crippen LogP contribution in [-0.4, -0.2) is 17.9 Å². The number of benzene rings is 2. The Hall–Kier alpha value is -1.68. The van der Waals surface area contributed by atoms with Crippen molar-refractivity contribution in [2.24, 2.45) is 0 Å². The molecule has 2 rings (SSSR count). The fraction of sp³-hybridized carbons (Fsp3) is 0.188. The maximum absolute atomic E-state index is 13.9. The van der Waals surface area contributed by atoms with Crippen LogP contribution in [-0.2, 0) is 6.54 Å². The fourth-order valence-corrected chi connectivity index (χ4v) is 2.28. The van der Waals surface area contributed by atoms with Crippen LogP contribution in [0.4, 0.5) is 4.39 Å². The lowest BCUT2D eigenvalue weighted by Gasteiger charge is -2.18. The molecule has 0 aliphatic rings. The van der Waals surface area contributed by atoms with Crippen LogP contribution in [0.2, 0.25) is 0 Å². The summed E-state index contributed by atoms with van der Waals surface area (Å²) in [5, 5.41) is 0. The van der Waals surface area contributed by atoms with Crippen molar-refractivity contribution < 1.29 is 9.18 Å². The van der Waals surface area contributed by atoms with Crippen molar-refractivity contribution in [3.05, 3.63) is 69.4 Å². The molecule has 0 aromatic heterocycles. The van der Waals surface area contributed by atoms with E-state index in [-0.39, 0.29) is 11.5 Å². The van der Waals surface area contributed by atoms with E-state index in [1.165, 1.54) is 16.5 Å². The van der Waals surface area contributed by atoms with Crippen LogP contribution in [0.5, 0.6) is 0 Å². The molecular weight excluding hydrogens is 321 g/mol. The number of hydrogen-bond acceptors (Lipinski definition) is 1. The van der Waals surface area contributed by atoms with Crippen LogP contribution in [0.1, 0.15) is 21.5 Å². The summed E-state index contributed by atoms with van der Waals surface area (Å²) in [6.07, 6.45) is 0. The third-order valence-electron chi connectivity index (χ3n) is 3.07. The molecule has 2 nitrogen and oxygen atoms in total. The number of carbonyl (C=O) groups is 1. The molecule has 0 saturated carbocycles. The number of carbonyl (C=O) groups excluding carboxylic acids is 1. The van der Waals surface area contributed by atoms with Crippen molar-refractivity contribution in [2.75, 3.05) is 7.05 Å². The summed E-state index contributed by atoms with van der Waals surface area (Å²) in [6.45, 7) is 2.46. The maximum Gasteiger partial charge on any atom is 0.256 e. The van der Waals surface area contributed by atoms with Crippen molar-refractivity contribution in [3.63, 3.8) is 0 Å². The van der Waals surface area contributed by atoms with Crippen LogP contribution < -0.4 is 0 Å².